The molecule has 1 aromatic carbocycles. The molecule has 6 heteroatoms. The molecule has 1 aromatic rings. The Hall–Kier alpha value is -2.24. The summed E-state index contributed by atoms with van der Waals surface area (Å²) in [4.78, 5) is 20.5. The molecule has 0 saturated carbocycles. The van der Waals surface area contributed by atoms with Crippen LogP contribution in [0.4, 0.5) is 0 Å². The SMILES string of the molecule is O=[C]c1c(O)c(O)c(O)c(O)c1[C]=O. The predicted molar refractivity (Wildman–Crippen MR) is 42.7 cm³/mol. The summed E-state index contributed by atoms with van der Waals surface area (Å²) in [7, 11) is 0. The topological polar surface area (TPSA) is 115 Å². The second-order valence-corrected chi connectivity index (χ2v) is 2.35. The van der Waals surface area contributed by atoms with Crippen molar-refractivity contribution in [2.24, 2.45) is 0 Å². The molecule has 1 rings (SSSR count). The molecule has 0 fully saturated rings. The van der Waals surface area contributed by atoms with Crippen LogP contribution in [-0.4, -0.2) is 33.0 Å². The summed E-state index contributed by atoms with van der Waals surface area (Å²) in [6, 6.07) is 0. The van der Waals surface area contributed by atoms with Crippen LogP contribution in [0.15, 0.2) is 0 Å². The van der Waals surface area contributed by atoms with Crippen LogP contribution < -0.4 is 0 Å². The van der Waals surface area contributed by atoms with Gasteiger partial charge in [-0.15, -0.1) is 0 Å². The Morgan fingerprint density at radius 3 is 1.14 bits per heavy atom. The Morgan fingerprint density at radius 2 is 0.929 bits per heavy atom. The fraction of sp³-hybridized carbons (Fsp3) is 0. The van der Waals surface area contributed by atoms with Crippen LogP contribution in [0.3, 0.4) is 0 Å². The monoisotopic (exact) mass is 196 g/mol. The second-order valence-electron chi connectivity index (χ2n) is 2.35. The minimum absolute atomic E-state index is 0.757. The summed E-state index contributed by atoms with van der Waals surface area (Å²) in [6.45, 7) is 0. The van der Waals surface area contributed by atoms with E-state index in [0.29, 0.717) is 0 Å². The average Bonchev–Trinajstić information content (AvgIpc) is 2.20. The molecule has 0 aliphatic carbocycles. The molecule has 6 nitrogen and oxygen atoms in total. The van der Waals surface area contributed by atoms with E-state index in [1.807, 2.05) is 0 Å². The molecule has 0 atom stereocenters. The molecule has 2 radical (unpaired) electrons. The van der Waals surface area contributed by atoms with Gasteiger partial charge in [0.2, 0.25) is 24.1 Å². The molecule has 0 unspecified atom stereocenters. The van der Waals surface area contributed by atoms with Crippen LogP contribution in [0.5, 0.6) is 23.0 Å². The Kier molecular flexibility index (Phi) is 2.29. The molecular formula is C8H4O6. The van der Waals surface area contributed by atoms with Crippen molar-refractivity contribution in [3.8, 4) is 23.0 Å². The van der Waals surface area contributed by atoms with Gasteiger partial charge < -0.3 is 20.4 Å². The summed E-state index contributed by atoms with van der Waals surface area (Å²) in [5, 5.41) is 36.0. The number of rotatable bonds is 2. The van der Waals surface area contributed by atoms with E-state index in [0.717, 1.165) is 12.6 Å². The Balaban J connectivity index is 3.73. The Labute approximate surface area is 77.7 Å². The number of phenols is 4. The molecule has 0 heterocycles. The van der Waals surface area contributed by atoms with Crippen molar-refractivity contribution in [3.05, 3.63) is 11.1 Å². The first-order valence-electron chi connectivity index (χ1n) is 3.30. The zero-order chi connectivity index (χ0) is 10.9. The van der Waals surface area contributed by atoms with Crippen LogP contribution in [0.2, 0.25) is 0 Å². The van der Waals surface area contributed by atoms with Crippen molar-refractivity contribution >= 4 is 12.6 Å². The Morgan fingerprint density at radius 1 is 0.643 bits per heavy atom. The van der Waals surface area contributed by atoms with Gasteiger partial charge in [0, 0.05) is 0 Å². The van der Waals surface area contributed by atoms with Gasteiger partial charge in [0.15, 0.2) is 11.5 Å². The summed E-state index contributed by atoms with van der Waals surface area (Å²) in [5.41, 5.74) is -1.51. The molecule has 0 aromatic heterocycles. The minimum atomic E-state index is -1.10. The summed E-state index contributed by atoms with van der Waals surface area (Å²) >= 11 is 0. The van der Waals surface area contributed by atoms with Gasteiger partial charge in [0.1, 0.15) is 0 Å². The van der Waals surface area contributed by atoms with Gasteiger partial charge >= 0.3 is 0 Å². The lowest BCUT2D eigenvalue weighted by Crippen LogP contribution is -1.94. The number of hydrogen-bond donors (Lipinski definition) is 4. The van der Waals surface area contributed by atoms with Crippen molar-refractivity contribution in [3.63, 3.8) is 0 Å². The predicted octanol–water partition coefficient (Wildman–Crippen LogP) is -0.575. The maximum absolute atomic E-state index is 10.3. The van der Waals surface area contributed by atoms with E-state index in [9.17, 15) is 9.59 Å². The normalized spacial score (nSPS) is 9.71. The smallest absolute Gasteiger partial charge is 0.238 e. The highest BCUT2D eigenvalue weighted by molar-refractivity contribution is 5.98. The van der Waals surface area contributed by atoms with Gasteiger partial charge in [0.05, 0.1) is 11.1 Å². The van der Waals surface area contributed by atoms with E-state index in [4.69, 9.17) is 20.4 Å². The van der Waals surface area contributed by atoms with E-state index in [1.165, 1.54) is 0 Å². The van der Waals surface area contributed by atoms with Crippen molar-refractivity contribution < 1.29 is 30.0 Å². The number of hydrogen-bond acceptors (Lipinski definition) is 6. The molecule has 4 N–H and O–H groups in total. The molecule has 0 spiro atoms. The lowest BCUT2D eigenvalue weighted by molar-refractivity contribution is 0.344. The summed E-state index contributed by atoms with van der Waals surface area (Å²) in [5.74, 6) is -4.26. The molecule has 14 heavy (non-hydrogen) atoms. The van der Waals surface area contributed by atoms with Crippen LogP contribution in [0.25, 0.3) is 0 Å². The van der Waals surface area contributed by atoms with Gasteiger partial charge in [-0.3, -0.25) is 9.59 Å². The van der Waals surface area contributed by atoms with Crippen molar-refractivity contribution in [1.82, 2.24) is 0 Å². The standard InChI is InChI=1S/C8H4O6/c9-1-3-4(2-10)6(12)8(14)7(13)5(3)11/h11-14H. The molecule has 0 amide bonds. The number of benzene rings is 1. The number of carbonyl (C=O) groups excluding carboxylic acids is 2. The number of phenolic OH excluding ortho intramolecular Hbond substituents is 4. The van der Waals surface area contributed by atoms with E-state index in [2.05, 4.69) is 0 Å². The first kappa shape index (κ1) is 9.85. The van der Waals surface area contributed by atoms with E-state index >= 15 is 0 Å². The van der Waals surface area contributed by atoms with Crippen LogP contribution in [0.1, 0.15) is 11.1 Å². The molecule has 0 saturated heterocycles. The maximum Gasteiger partial charge on any atom is 0.238 e. The first-order chi connectivity index (χ1) is 6.54. The fourth-order valence-corrected chi connectivity index (χ4v) is 0.897. The summed E-state index contributed by atoms with van der Waals surface area (Å²) in [6.07, 6.45) is 2.26. The third-order valence-electron chi connectivity index (χ3n) is 1.60. The second kappa shape index (κ2) is 3.25. The molecule has 0 aliphatic heterocycles. The lowest BCUT2D eigenvalue weighted by Gasteiger charge is -2.07. The Bertz CT molecular complexity index is 370. The van der Waals surface area contributed by atoms with Gasteiger partial charge in [-0.05, 0) is 0 Å². The average molecular weight is 196 g/mol. The molecule has 72 valence electrons. The van der Waals surface area contributed by atoms with E-state index in [-0.39, 0.29) is 0 Å². The zero-order valence-electron chi connectivity index (χ0n) is 6.61. The zero-order valence-corrected chi connectivity index (χ0v) is 6.61. The van der Waals surface area contributed by atoms with E-state index in [1.54, 1.807) is 0 Å². The lowest BCUT2D eigenvalue weighted by atomic mass is 10.1. The number of aromatic hydroxyl groups is 4. The van der Waals surface area contributed by atoms with E-state index < -0.39 is 34.1 Å². The summed E-state index contributed by atoms with van der Waals surface area (Å²) < 4.78 is 0. The van der Waals surface area contributed by atoms with Crippen LogP contribution >= 0.6 is 0 Å². The van der Waals surface area contributed by atoms with Gasteiger partial charge in [-0.25, -0.2) is 0 Å². The largest absolute Gasteiger partial charge is 0.504 e. The maximum atomic E-state index is 10.3. The van der Waals surface area contributed by atoms with Crippen LogP contribution in [0, 0.1) is 0 Å². The van der Waals surface area contributed by atoms with Crippen molar-refractivity contribution in [1.29, 1.82) is 0 Å². The van der Waals surface area contributed by atoms with Crippen molar-refractivity contribution in [2.75, 3.05) is 0 Å². The van der Waals surface area contributed by atoms with Crippen molar-refractivity contribution in [2.45, 2.75) is 0 Å². The fourth-order valence-electron chi connectivity index (χ4n) is 0.897. The molecule has 0 bridgehead atoms. The molecular weight excluding hydrogens is 192 g/mol. The first-order valence-corrected chi connectivity index (χ1v) is 3.30. The van der Waals surface area contributed by atoms with Gasteiger partial charge in [0.25, 0.3) is 0 Å². The minimum Gasteiger partial charge on any atom is -0.504 e. The highest BCUT2D eigenvalue weighted by Gasteiger charge is 2.23. The third kappa shape index (κ3) is 1.13. The van der Waals surface area contributed by atoms with Gasteiger partial charge in [-0.2, -0.15) is 0 Å². The third-order valence-corrected chi connectivity index (χ3v) is 1.60. The molecule has 0 aliphatic rings. The quantitative estimate of drug-likeness (QED) is 0.371. The highest BCUT2D eigenvalue weighted by Crippen LogP contribution is 2.45. The van der Waals surface area contributed by atoms with Crippen LogP contribution in [-0.2, 0) is 9.59 Å². The van der Waals surface area contributed by atoms with Gasteiger partial charge in [-0.1, -0.05) is 0 Å². The highest BCUT2D eigenvalue weighted by atomic mass is 16.3.